The zero-order valence-corrected chi connectivity index (χ0v) is 13.5. The predicted molar refractivity (Wildman–Crippen MR) is 90.7 cm³/mol. The van der Waals surface area contributed by atoms with Gasteiger partial charge in [0.25, 0.3) is 0 Å². The number of fused-ring (bicyclic) bond motifs is 2. The molecule has 0 aliphatic heterocycles. The fraction of sp³-hybridized carbons (Fsp3) is 0.0556. The van der Waals surface area contributed by atoms with Gasteiger partial charge in [-0.2, -0.15) is 0 Å². The summed E-state index contributed by atoms with van der Waals surface area (Å²) >= 11 is 3.41. The fourth-order valence-electron chi connectivity index (χ4n) is 2.50. The number of hydrogen-bond acceptors (Lipinski definition) is 4. The van der Waals surface area contributed by atoms with Crippen molar-refractivity contribution in [3.05, 3.63) is 75.3 Å². The van der Waals surface area contributed by atoms with Crippen molar-refractivity contribution >= 4 is 37.9 Å². The molecule has 0 radical (unpaired) electrons. The molecule has 0 aliphatic carbocycles. The summed E-state index contributed by atoms with van der Waals surface area (Å²) in [6, 6.07) is 14.6. The number of ether oxygens (including phenoxy) is 1. The van der Waals surface area contributed by atoms with Crippen LogP contribution < -0.4 is 10.4 Å². The van der Waals surface area contributed by atoms with E-state index < -0.39 is 5.63 Å². The molecule has 2 heterocycles. The van der Waals surface area contributed by atoms with Crippen LogP contribution in [0.1, 0.15) is 5.56 Å². The Bertz CT molecular complexity index is 1040. The summed E-state index contributed by atoms with van der Waals surface area (Å²) in [5, 5.41) is 1.60. The normalized spacial score (nSPS) is 11.2. The molecule has 0 fully saturated rings. The second kappa shape index (κ2) is 5.59. The van der Waals surface area contributed by atoms with E-state index in [1.54, 1.807) is 18.4 Å². The van der Waals surface area contributed by atoms with Crippen molar-refractivity contribution in [3.63, 3.8) is 0 Å². The summed E-state index contributed by atoms with van der Waals surface area (Å²) in [5.74, 6) is 0.651. The van der Waals surface area contributed by atoms with Gasteiger partial charge < -0.3 is 13.6 Å². The van der Waals surface area contributed by atoms with Crippen LogP contribution in [0.4, 0.5) is 0 Å². The third-order valence-corrected chi connectivity index (χ3v) is 4.13. The summed E-state index contributed by atoms with van der Waals surface area (Å²) in [5.41, 5.74) is 1.71. The summed E-state index contributed by atoms with van der Waals surface area (Å²) in [7, 11) is 0. The average Bonchev–Trinajstić information content (AvgIpc) is 3.01. The first-order valence-corrected chi connectivity index (χ1v) is 7.81. The maximum atomic E-state index is 11.4. The van der Waals surface area contributed by atoms with Crippen molar-refractivity contribution in [1.82, 2.24) is 0 Å². The molecule has 0 unspecified atom stereocenters. The molecule has 4 nitrogen and oxygen atoms in total. The Labute approximate surface area is 139 Å². The number of halogens is 1. The van der Waals surface area contributed by atoms with E-state index in [0.717, 1.165) is 20.8 Å². The highest BCUT2D eigenvalue weighted by Gasteiger charge is 2.13. The maximum Gasteiger partial charge on any atom is 0.336 e. The zero-order chi connectivity index (χ0) is 15.8. The summed E-state index contributed by atoms with van der Waals surface area (Å²) in [4.78, 5) is 11.4. The molecule has 0 spiro atoms. The second-order valence-electron chi connectivity index (χ2n) is 5.12. The molecule has 4 aromatic rings. The van der Waals surface area contributed by atoms with Crippen LogP contribution in [0.25, 0.3) is 21.9 Å². The molecule has 0 N–H and O–H groups in total. The van der Waals surface area contributed by atoms with E-state index in [0.29, 0.717) is 23.5 Å². The molecule has 0 saturated carbocycles. The number of rotatable bonds is 3. The van der Waals surface area contributed by atoms with Crippen LogP contribution in [0.2, 0.25) is 0 Å². The van der Waals surface area contributed by atoms with Crippen LogP contribution in [-0.4, -0.2) is 0 Å². The Morgan fingerprint density at radius 2 is 1.74 bits per heavy atom. The Hall–Kier alpha value is -2.53. The smallest absolute Gasteiger partial charge is 0.336 e. The monoisotopic (exact) mass is 370 g/mol. The molecule has 0 saturated heterocycles. The quantitative estimate of drug-likeness (QED) is 0.482. The highest BCUT2D eigenvalue weighted by molar-refractivity contribution is 9.10. The van der Waals surface area contributed by atoms with Crippen LogP contribution in [-0.2, 0) is 6.61 Å². The Balaban J connectivity index is 1.81. The Morgan fingerprint density at radius 1 is 0.957 bits per heavy atom. The van der Waals surface area contributed by atoms with Gasteiger partial charge in [0.05, 0.1) is 17.0 Å². The lowest BCUT2D eigenvalue weighted by Crippen LogP contribution is -1.99. The molecular formula is C18H11BrO4. The summed E-state index contributed by atoms with van der Waals surface area (Å²) in [6.45, 7) is 0.409. The summed E-state index contributed by atoms with van der Waals surface area (Å²) in [6.07, 6.45) is 1.59. The third kappa shape index (κ3) is 2.64. The molecule has 2 aromatic heterocycles. The molecule has 5 heteroatoms. The highest BCUT2D eigenvalue weighted by atomic mass is 79.9. The van der Waals surface area contributed by atoms with Gasteiger partial charge in [-0.3, -0.25) is 0 Å². The first kappa shape index (κ1) is 14.1. The Morgan fingerprint density at radius 3 is 2.57 bits per heavy atom. The van der Waals surface area contributed by atoms with Gasteiger partial charge in [0, 0.05) is 16.6 Å². The van der Waals surface area contributed by atoms with Gasteiger partial charge >= 0.3 is 5.63 Å². The SMILES string of the molecule is O=c1ccc2c(OCc3ccc(Br)cc3)c3ccoc3cc2o1. The van der Waals surface area contributed by atoms with Crippen molar-refractivity contribution < 1.29 is 13.6 Å². The maximum absolute atomic E-state index is 11.4. The van der Waals surface area contributed by atoms with Gasteiger partial charge in [0.2, 0.25) is 0 Å². The van der Waals surface area contributed by atoms with Gasteiger partial charge in [-0.05, 0) is 29.8 Å². The van der Waals surface area contributed by atoms with Crippen molar-refractivity contribution in [2.45, 2.75) is 6.61 Å². The van der Waals surface area contributed by atoms with E-state index in [2.05, 4.69) is 15.9 Å². The van der Waals surface area contributed by atoms with Gasteiger partial charge in [-0.25, -0.2) is 4.79 Å². The lowest BCUT2D eigenvalue weighted by atomic mass is 10.1. The van der Waals surface area contributed by atoms with E-state index in [4.69, 9.17) is 13.6 Å². The molecule has 0 atom stereocenters. The number of hydrogen-bond donors (Lipinski definition) is 0. The molecule has 0 amide bonds. The van der Waals surface area contributed by atoms with Gasteiger partial charge in [0.1, 0.15) is 23.5 Å². The number of benzene rings is 2. The Kier molecular flexibility index (Phi) is 3.42. The lowest BCUT2D eigenvalue weighted by Gasteiger charge is -2.10. The minimum atomic E-state index is -0.401. The van der Waals surface area contributed by atoms with E-state index in [-0.39, 0.29) is 0 Å². The largest absolute Gasteiger partial charge is 0.487 e. The standard InChI is InChI=1S/C18H11BrO4/c19-12-3-1-11(2-4-12)10-22-18-13-5-6-17(20)23-16(13)9-15-14(18)7-8-21-15/h1-9H,10H2. The van der Waals surface area contributed by atoms with E-state index in [1.165, 1.54) is 6.07 Å². The minimum Gasteiger partial charge on any atom is -0.487 e. The summed E-state index contributed by atoms with van der Waals surface area (Å²) < 4.78 is 17.7. The minimum absolute atomic E-state index is 0.401. The highest BCUT2D eigenvalue weighted by Crippen LogP contribution is 2.35. The van der Waals surface area contributed by atoms with E-state index >= 15 is 0 Å². The van der Waals surface area contributed by atoms with Crippen LogP contribution in [0.5, 0.6) is 5.75 Å². The third-order valence-electron chi connectivity index (χ3n) is 3.61. The molecular weight excluding hydrogens is 360 g/mol. The molecule has 4 rings (SSSR count). The molecule has 0 aliphatic rings. The van der Waals surface area contributed by atoms with Gasteiger partial charge in [0.15, 0.2) is 0 Å². The van der Waals surface area contributed by atoms with E-state index in [1.807, 2.05) is 30.3 Å². The first-order valence-electron chi connectivity index (χ1n) is 7.02. The molecule has 23 heavy (non-hydrogen) atoms. The first-order chi connectivity index (χ1) is 11.2. The van der Waals surface area contributed by atoms with Crippen molar-refractivity contribution in [2.75, 3.05) is 0 Å². The van der Waals surface area contributed by atoms with Crippen LogP contribution in [0.3, 0.4) is 0 Å². The average molecular weight is 371 g/mol. The fourth-order valence-corrected chi connectivity index (χ4v) is 2.77. The molecule has 2 aromatic carbocycles. The van der Waals surface area contributed by atoms with Crippen molar-refractivity contribution in [1.29, 1.82) is 0 Å². The van der Waals surface area contributed by atoms with Gasteiger partial charge in [-0.1, -0.05) is 28.1 Å². The second-order valence-corrected chi connectivity index (χ2v) is 6.04. The topological polar surface area (TPSA) is 52.6 Å². The lowest BCUT2D eigenvalue weighted by molar-refractivity contribution is 0.313. The van der Waals surface area contributed by atoms with Crippen LogP contribution in [0, 0.1) is 0 Å². The van der Waals surface area contributed by atoms with Crippen LogP contribution in [0.15, 0.2) is 72.9 Å². The van der Waals surface area contributed by atoms with Crippen molar-refractivity contribution in [3.8, 4) is 5.75 Å². The molecule has 114 valence electrons. The van der Waals surface area contributed by atoms with Crippen LogP contribution >= 0.6 is 15.9 Å². The zero-order valence-electron chi connectivity index (χ0n) is 11.9. The predicted octanol–water partition coefficient (Wildman–Crippen LogP) is 4.88. The van der Waals surface area contributed by atoms with E-state index in [9.17, 15) is 4.79 Å². The molecule has 0 bridgehead atoms. The van der Waals surface area contributed by atoms with Gasteiger partial charge in [-0.15, -0.1) is 0 Å². The van der Waals surface area contributed by atoms with Crippen molar-refractivity contribution in [2.24, 2.45) is 0 Å². The number of furan rings is 1.